The lowest BCUT2D eigenvalue weighted by Gasteiger charge is -2.06. The van der Waals surface area contributed by atoms with Crippen LogP contribution < -0.4 is 10.4 Å². The Morgan fingerprint density at radius 3 is 2.88 bits per heavy atom. The van der Waals surface area contributed by atoms with Crippen LogP contribution in [0.25, 0.3) is 0 Å². The van der Waals surface area contributed by atoms with Gasteiger partial charge in [-0.15, -0.1) is 0 Å². The van der Waals surface area contributed by atoms with Crippen molar-refractivity contribution in [3.63, 3.8) is 0 Å². The Bertz CT molecular complexity index is 576. The van der Waals surface area contributed by atoms with E-state index in [9.17, 15) is 4.79 Å². The minimum Gasteiger partial charge on any atom is -0.497 e. The van der Waals surface area contributed by atoms with Crippen LogP contribution in [-0.4, -0.2) is 16.7 Å². The third-order valence-electron chi connectivity index (χ3n) is 2.50. The molecule has 0 amide bonds. The molecule has 0 atom stereocenters. The lowest BCUT2D eigenvalue weighted by molar-refractivity contribution is 0.414. The molecule has 88 valence electrons. The summed E-state index contributed by atoms with van der Waals surface area (Å²) >= 11 is 0. The number of hydrogen-bond acceptors (Lipinski definition) is 3. The molecule has 0 saturated heterocycles. The average molecular weight is 230 g/mol. The third-order valence-corrected chi connectivity index (χ3v) is 2.50. The van der Waals surface area contributed by atoms with E-state index in [1.807, 2.05) is 30.3 Å². The van der Waals surface area contributed by atoms with E-state index in [-0.39, 0.29) is 5.69 Å². The Balaban J connectivity index is 2.28. The summed E-state index contributed by atoms with van der Waals surface area (Å²) in [6.07, 6.45) is 1.75. The number of ether oxygens (including phenoxy) is 1. The summed E-state index contributed by atoms with van der Waals surface area (Å²) in [7, 11) is 1.62. The zero-order valence-electron chi connectivity index (χ0n) is 9.88. The van der Waals surface area contributed by atoms with E-state index in [1.54, 1.807) is 24.8 Å². The maximum absolute atomic E-state index is 11.6. The van der Waals surface area contributed by atoms with E-state index >= 15 is 0 Å². The molecule has 1 heterocycles. The Hall–Kier alpha value is -2.10. The van der Waals surface area contributed by atoms with Gasteiger partial charge in [-0.1, -0.05) is 12.1 Å². The molecule has 17 heavy (non-hydrogen) atoms. The average Bonchev–Trinajstić information content (AvgIpc) is 2.33. The highest BCUT2D eigenvalue weighted by Crippen LogP contribution is 2.12. The molecule has 0 aliphatic heterocycles. The highest BCUT2D eigenvalue weighted by Gasteiger charge is 2.00. The molecule has 0 saturated carbocycles. The highest BCUT2D eigenvalue weighted by atomic mass is 16.5. The van der Waals surface area contributed by atoms with Crippen molar-refractivity contribution in [2.75, 3.05) is 7.11 Å². The van der Waals surface area contributed by atoms with Crippen molar-refractivity contribution in [2.24, 2.45) is 0 Å². The first-order valence-corrected chi connectivity index (χ1v) is 5.36. The van der Waals surface area contributed by atoms with E-state index < -0.39 is 0 Å². The van der Waals surface area contributed by atoms with Gasteiger partial charge in [0, 0.05) is 11.9 Å². The third kappa shape index (κ3) is 2.72. The normalized spacial score (nSPS) is 10.2. The molecule has 4 heteroatoms. The van der Waals surface area contributed by atoms with Gasteiger partial charge in [-0.05, 0) is 30.7 Å². The lowest BCUT2D eigenvalue weighted by Crippen LogP contribution is -2.23. The van der Waals surface area contributed by atoms with Crippen molar-refractivity contribution in [3.05, 3.63) is 58.3 Å². The van der Waals surface area contributed by atoms with Crippen LogP contribution >= 0.6 is 0 Å². The van der Waals surface area contributed by atoms with Crippen LogP contribution in [0.2, 0.25) is 0 Å². The fourth-order valence-electron chi connectivity index (χ4n) is 1.60. The number of aromatic nitrogens is 2. The fraction of sp³-hybridized carbons (Fsp3) is 0.231. The second-order valence-electron chi connectivity index (χ2n) is 3.83. The van der Waals surface area contributed by atoms with E-state index in [0.29, 0.717) is 6.54 Å². The van der Waals surface area contributed by atoms with Crippen LogP contribution in [-0.2, 0) is 6.54 Å². The number of aryl methyl sites for hydroxylation is 1. The quantitative estimate of drug-likeness (QED) is 0.804. The largest absolute Gasteiger partial charge is 0.497 e. The monoisotopic (exact) mass is 230 g/mol. The summed E-state index contributed by atoms with van der Waals surface area (Å²) in [5, 5.41) is 0. The van der Waals surface area contributed by atoms with Crippen molar-refractivity contribution in [1.82, 2.24) is 9.55 Å². The summed E-state index contributed by atoms with van der Waals surface area (Å²) in [5.41, 5.74) is 1.52. The first-order chi connectivity index (χ1) is 8.19. The molecule has 0 fully saturated rings. The van der Waals surface area contributed by atoms with Crippen LogP contribution in [0.15, 0.2) is 41.3 Å². The summed E-state index contributed by atoms with van der Waals surface area (Å²) in [4.78, 5) is 15.5. The molecule has 0 N–H and O–H groups in total. The number of nitrogens with zero attached hydrogens (tertiary/aromatic N) is 2. The lowest BCUT2D eigenvalue weighted by atomic mass is 10.2. The van der Waals surface area contributed by atoms with E-state index in [2.05, 4.69) is 4.98 Å². The first kappa shape index (κ1) is 11.4. The molecule has 4 nitrogen and oxygen atoms in total. The Kier molecular flexibility index (Phi) is 3.23. The molecule has 0 aliphatic rings. The molecule has 0 unspecified atom stereocenters. The second kappa shape index (κ2) is 4.82. The Morgan fingerprint density at radius 2 is 2.18 bits per heavy atom. The zero-order chi connectivity index (χ0) is 12.3. The molecule has 2 rings (SSSR count). The van der Waals surface area contributed by atoms with Gasteiger partial charge in [0.2, 0.25) is 0 Å². The van der Waals surface area contributed by atoms with Gasteiger partial charge in [-0.3, -0.25) is 4.57 Å². The summed E-state index contributed by atoms with van der Waals surface area (Å²) in [6, 6.07) is 9.46. The predicted octanol–water partition coefficient (Wildman–Crippen LogP) is 1.61. The fourth-order valence-corrected chi connectivity index (χ4v) is 1.60. The summed E-state index contributed by atoms with van der Waals surface area (Å²) < 4.78 is 6.71. The molecular formula is C13H14N2O2. The van der Waals surface area contributed by atoms with E-state index in [0.717, 1.165) is 17.0 Å². The molecule has 1 aromatic heterocycles. The van der Waals surface area contributed by atoms with Gasteiger partial charge in [-0.25, -0.2) is 4.79 Å². The molecule has 0 spiro atoms. The van der Waals surface area contributed by atoms with Gasteiger partial charge < -0.3 is 4.74 Å². The highest BCUT2D eigenvalue weighted by molar-refractivity contribution is 5.28. The molecular weight excluding hydrogens is 216 g/mol. The van der Waals surface area contributed by atoms with Crippen molar-refractivity contribution in [2.45, 2.75) is 13.5 Å². The summed E-state index contributed by atoms with van der Waals surface area (Å²) in [6.45, 7) is 2.31. The number of hydrogen-bond donors (Lipinski definition) is 0. The van der Waals surface area contributed by atoms with Crippen LogP contribution in [0.3, 0.4) is 0 Å². The minimum atomic E-state index is -0.229. The number of benzene rings is 1. The number of rotatable bonds is 3. The topological polar surface area (TPSA) is 44.1 Å². The maximum atomic E-state index is 11.6. The van der Waals surface area contributed by atoms with E-state index in [1.165, 1.54) is 0 Å². The van der Waals surface area contributed by atoms with Crippen LogP contribution in [0.5, 0.6) is 5.75 Å². The number of methoxy groups -OCH3 is 1. The molecule has 0 radical (unpaired) electrons. The standard InChI is InChI=1S/C13H14N2O2/c1-10-6-7-15(13(16)14-10)9-11-4-3-5-12(8-11)17-2/h3-8H,9H2,1-2H3. The van der Waals surface area contributed by atoms with Crippen molar-refractivity contribution in [1.29, 1.82) is 0 Å². The Morgan fingerprint density at radius 1 is 1.35 bits per heavy atom. The molecule has 1 aromatic carbocycles. The van der Waals surface area contributed by atoms with Gasteiger partial charge in [0.05, 0.1) is 13.7 Å². The van der Waals surface area contributed by atoms with Crippen molar-refractivity contribution in [3.8, 4) is 5.75 Å². The van der Waals surface area contributed by atoms with Gasteiger partial charge in [0.15, 0.2) is 0 Å². The van der Waals surface area contributed by atoms with Crippen LogP contribution in [0, 0.1) is 6.92 Å². The summed E-state index contributed by atoms with van der Waals surface area (Å²) in [5.74, 6) is 0.788. The van der Waals surface area contributed by atoms with Crippen molar-refractivity contribution >= 4 is 0 Å². The van der Waals surface area contributed by atoms with E-state index in [4.69, 9.17) is 4.74 Å². The Labute approximate surface area is 99.5 Å². The van der Waals surface area contributed by atoms with Crippen molar-refractivity contribution < 1.29 is 4.74 Å². The maximum Gasteiger partial charge on any atom is 0.348 e. The SMILES string of the molecule is COc1cccc(Cn2ccc(C)nc2=O)c1. The predicted molar refractivity (Wildman–Crippen MR) is 65.3 cm³/mol. The van der Waals surface area contributed by atoms with Gasteiger partial charge in [0.1, 0.15) is 5.75 Å². The van der Waals surface area contributed by atoms with Crippen LogP contribution in [0.1, 0.15) is 11.3 Å². The van der Waals surface area contributed by atoms with Crippen LogP contribution in [0.4, 0.5) is 0 Å². The second-order valence-corrected chi connectivity index (χ2v) is 3.83. The molecule has 0 aliphatic carbocycles. The zero-order valence-corrected chi connectivity index (χ0v) is 9.88. The van der Waals surface area contributed by atoms with Gasteiger partial charge in [-0.2, -0.15) is 4.98 Å². The molecule has 2 aromatic rings. The first-order valence-electron chi connectivity index (χ1n) is 5.36. The van der Waals surface area contributed by atoms with Gasteiger partial charge >= 0.3 is 5.69 Å². The minimum absolute atomic E-state index is 0.229. The molecule has 0 bridgehead atoms. The van der Waals surface area contributed by atoms with Gasteiger partial charge in [0.25, 0.3) is 0 Å². The smallest absolute Gasteiger partial charge is 0.348 e.